The summed E-state index contributed by atoms with van der Waals surface area (Å²) in [6.45, 7) is 0. The Kier molecular flexibility index (Phi) is 4.66. The molecular formula is H2O4PZn+. The fraction of sp³-hybridized carbons (Fsp3) is 0. The third-order valence-electron chi connectivity index (χ3n) is 0. The van der Waals surface area contributed by atoms with Crippen molar-refractivity contribution in [2.75, 3.05) is 0 Å². The predicted octanol–water partition coefficient (Wildman–Crippen LogP) is -2.60. The van der Waals surface area contributed by atoms with Gasteiger partial charge < -0.3 is 19.2 Å². The first-order chi connectivity index (χ1) is 2.00. The second kappa shape index (κ2) is 2.83. The molecule has 0 saturated heterocycles. The molecule has 0 bridgehead atoms. The molecule has 0 aromatic heterocycles. The molecular weight excluding hydrogens is 160 g/mol. The van der Waals surface area contributed by atoms with Crippen LogP contribution >= 0.6 is 7.82 Å². The van der Waals surface area contributed by atoms with Crippen LogP contribution in [0.25, 0.3) is 0 Å². The van der Waals surface area contributed by atoms with E-state index in [1.165, 1.54) is 0 Å². The molecule has 0 aliphatic rings. The summed E-state index contributed by atoms with van der Waals surface area (Å²) in [5.41, 5.74) is 0. The average Bonchev–Trinajstić information content (AvgIpc) is 0.722. The van der Waals surface area contributed by atoms with Crippen molar-refractivity contribution in [3.8, 4) is 0 Å². The Morgan fingerprint density at radius 3 is 1.33 bits per heavy atom. The zero-order valence-electron chi connectivity index (χ0n) is 4.79. The van der Waals surface area contributed by atoms with Crippen LogP contribution in [0.2, 0.25) is 0 Å². The van der Waals surface area contributed by atoms with Crippen molar-refractivity contribution >= 4 is 7.82 Å². The van der Waals surface area contributed by atoms with Crippen molar-refractivity contribution in [3.05, 3.63) is 0 Å². The molecule has 6 heteroatoms. The van der Waals surface area contributed by atoms with Gasteiger partial charge in [-0.3, -0.25) is 0 Å². The van der Waals surface area contributed by atoms with Crippen molar-refractivity contribution in [2.24, 2.45) is 0 Å². The van der Waals surface area contributed by atoms with Crippen molar-refractivity contribution in [1.29, 1.82) is 0 Å². The molecule has 0 spiro atoms. The van der Waals surface area contributed by atoms with Crippen LogP contribution in [0.3, 0.4) is 0 Å². The smallest absolute Gasteiger partial charge is 0.822 e. The average molecular weight is 162 g/mol. The molecule has 0 aliphatic heterocycles. The first-order valence-corrected chi connectivity index (χ1v) is 2.19. The monoisotopic (exact) mass is 161 g/mol. The van der Waals surface area contributed by atoms with E-state index in [0.29, 0.717) is 0 Å². The van der Waals surface area contributed by atoms with Gasteiger partial charge in [0.15, 0.2) is 0 Å². The minimum Gasteiger partial charge on any atom is -0.822 e. The summed E-state index contributed by atoms with van der Waals surface area (Å²) in [5.74, 6) is 0. The van der Waals surface area contributed by atoms with Crippen molar-refractivity contribution < 1.29 is 41.6 Å². The Balaban J connectivity index is -0.0000000267. The second-order valence-corrected chi connectivity index (χ2v) is 1.34. The molecule has 0 amide bonds. The van der Waals surface area contributed by atoms with Gasteiger partial charge in [-0.2, -0.15) is 7.82 Å². The van der Waals surface area contributed by atoms with Crippen LogP contribution in [-0.2, 0) is 24.0 Å². The van der Waals surface area contributed by atoms with E-state index >= 15 is 0 Å². The second-order valence-electron chi connectivity index (χ2n) is 0.447. The third kappa shape index (κ3) is 123. The molecule has 0 atom stereocenters. The Morgan fingerprint density at radius 2 is 1.33 bits per heavy atom. The van der Waals surface area contributed by atoms with E-state index in [4.69, 9.17) is 19.2 Å². The van der Waals surface area contributed by atoms with Gasteiger partial charge in [-0.25, -0.2) is 0 Å². The van der Waals surface area contributed by atoms with Crippen molar-refractivity contribution in [2.45, 2.75) is 0 Å². The van der Waals surface area contributed by atoms with E-state index in [2.05, 4.69) is 0 Å². The zero-order chi connectivity index (χ0) is 4.50. The quantitative estimate of drug-likeness (QED) is 0.289. The molecule has 0 aromatic rings. The van der Waals surface area contributed by atoms with Gasteiger partial charge in [0.2, 0.25) is 0 Å². The maximum atomic E-state index is 8.55. The van der Waals surface area contributed by atoms with Gasteiger partial charge in [0.25, 0.3) is 0 Å². The number of rotatable bonds is 0. The van der Waals surface area contributed by atoms with Crippen LogP contribution in [-0.4, -0.2) is 0 Å². The summed E-state index contributed by atoms with van der Waals surface area (Å²) < 4.78 is 8.55. The van der Waals surface area contributed by atoms with Crippen LogP contribution in [0.1, 0.15) is 2.85 Å². The van der Waals surface area contributed by atoms with Gasteiger partial charge >= 0.3 is 22.3 Å². The largest absolute Gasteiger partial charge is 2.00 e. The van der Waals surface area contributed by atoms with Gasteiger partial charge in [-0.05, 0) is 0 Å². The van der Waals surface area contributed by atoms with Crippen LogP contribution in [0.4, 0.5) is 0 Å². The van der Waals surface area contributed by atoms with Gasteiger partial charge in [-0.1, -0.05) is 0 Å². The van der Waals surface area contributed by atoms with Crippen LogP contribution < -0.4 is 14.7 Å². The summed E-state index contributed by atoms with van der Waals surface area (Å²) in [5, 5.41) is 0. The molecule has 0 fully saturated rings. The SMILES string of the molecule is O=P([O-])([O-])[O-].[H+].[H+].[Zn+2]. The number of hydrogen-bond donors (Lipinski definition) is 0. The molecule has 0 aromatic carbocycles. The van der Waals surface area contributed by atoms with Crippen LogP contribution in [0.15, 0.2) is 0 Å². The molecule has 0 N–H and O–H groups in total. The third-order valence-corrected chi connectivity index (χ3v) is 0. The van der Waals surface area contributed by atoms with E-state index in [0.717, 1.165) is 0 Å². The predicted molar refractivity (Wildman–Crippen MR) is 9.83 cm³/mol. The summed E-state index contributed by atoms with van der Waals surface area (Å²) in [4.78, 5) is 25.6. The van der Waals surface area contributed by atoms with E-state index < -0.39 is 7.82 Å². The molecule has 0 aliphatic carbocycles. The Hall–Kier alpha value is 0.733. The first kappa shape index (κ1) is 9.88. The summed E-state index contributed by atoms with van der Waals surface area (Å²) in [6.07, 6.45) is 0. The maximum Gasteiger partial charge on any atom is 2.00 e. The molecule has 6 heavy (non-hydrogen) atoms. The van der Waals surface area contributed by atoms with E-state index in [1.54, 1.807) is 0 Å². The molecule has 0 radical (unpaired) electrons. The van der Waals surface area contributed by atoms with E-state index in [-0.39, 0.29) is 22.3 Å². The summed E-state index contributed by atoms with van der Waals surface area (Å²) in [6, 6.07) is 0. The topological polar surface area (TPSA) is 86.2 Å². The molecule has 0 saturated carbocycles. The zero-order valence-corrected chi connectivity index (χ0v) is 6.65. The Bertz CT molecular complexity index is 60.2. The molecule has 0 heterocycles. The summed E-state index contributed by atoms with van der Waals surface area (Å²) >= 11 is 0. The van der Waals surface area contributed by atoms with E-state index in [9.17, 15) is 0 Å². The normalized spacial score (nSPS) is 9.83. The Morgan fingerprint density at radius 1 is 1.33 bits per heavy atom. The van der Waals surface area contributed by atoms with Crippen LogP contribution in [0, 0.1) is 0 Å². The fourth-order valence-electron chi connectivity index (χ4n) is 0. The van der Waals surface area contributed by atoms with Gasteiger partial charge in [0.1, 0.15) is 0 Å². The van der Waals surface area contributed by atoms with E-state index in [1.807, 2.05) is 0 Å². The van der Waals surface area contributed by atoms with Gasteiger partial charge in [0.05, 0.1) is 0 Å². The molecule has 32 valence electrons. The van der Waals surface area contributed by atoms with Crippen molar-refractivity contribution in [3.63, 3.8) is 0 Å². The fourth-order valence-corrected chi connectivity index (χ4v) is 0. The molecule has 4 nitrogen and oxygen atoms in total. The maximum absolute atomic E-state index is 8.55. The standard InChI is InChI=1S/H3O4P.Zn/c1-5(2,3)4;/h(H3,1,2,3,4);/q;+2/p-1. The number of phosphoric acid groups is 1. The van der Waals surface area contributed by atoms with Crippen LogP contribution in [0.5, 0.6) is 0 Å². The Labute approximate surface area is 50.2 Å². The van der Waals surface area contributed by atoms with Gasteiger partial charge in [-0.15, -0.1) is 0 Å². The minimum atomic E-state index is -5.39. The first-order valence-electron chi connectivity index (χ1n) is 0.730. The number of hydrogen-bond acceptors (Lipinski definition) is 4. The molecule has 0 unspecified atom stereocenters. The summed E-state index contributed by atoms with van der Waals surface area (Å²) in [7, 11) is -5.39. The molecule has 0 rings (SSSR count). The van der Waals surface area contributed by atoms with Gasteiger partial charge in [0, 0.05) is 0 Å². The minimum absolute atomic E-state index is 0. The van der Waals surface area contributed by atoms with Crippen molar-refractivity contribution in [1.82, 2.24) is 0 Å².